The SMILES string of the molecule is CC(C)(C)SSc1ccccc1CCOP(=O)(NCc1ccccc1)OC[C@H]1C[C@@H](n2ccc(=O)[nH]c2=O)[C@](C)(F)[C@@H]1O. The number of nitrogens with one attached hydrogen (secondary N) is 2. The fourth-order valence-electron chi connectivity index (χ4n) is 4.87. The molecule has 1 aromatic heterocycles. The topological polar surface area (TPSA) is 123 Å². The summed E-state index contributed by atoms with van der Waals surface area (Å²) in [7, 11) is -0.476. The molecule has 1 heterocycles. The van der Waals surface area contributed by atoms with Gasteiger partial charge in [0.1, 0.15) is 0 Å². The summed E-state index contributed by atoms with van der Waals surface area (Å²) >= 11 is 0. The van der Waals surface area contributed by atoms with Gasteiger partial charge in [-0.05, 0) is 37.0 Å². The second kappa shape index (κ2) is 14.3. The molecule has 0 saturated heterocycles. The van der Waals surface area contributed by atoms with Crippen LogP contribution in [0.3, 0.4) is 0 Å². The Morgan fingerprint density at radius 2 is 1.81 bits per heavy atom. The highest BCUT2D eigenvalue weighted by molar-refractivity contribution is 8.77. The van der Waals surface area contributed by atoms with Gasteiger partial charge in [-0.25, -0.2) is 18.8 Å². The number of benzene rings is 2. The highest BCUT2D eigenvalue weighted by Crippen LogP contribution is 2.50. The number of nitrogens with zero attached hydrogens (tertiary/aromatic N) is 1. The monoisotopic (exact) mass is 651 g/mol. The Kier molecular flexibility index (Phi) is 11.2. The zero-order chi connectivity index (χ0) is 31.3. The molecule has 3 N–H and O–H groups in total. The Bertz CT molecular complexity index is 1530. The second-order valence-corrected chi connectivity index (χ2v) is 16.5. The van der Waals surface area contributed by atoms with Crippen molar-refractivity contribution in [1.82, 2.24) is 14.6 Å². The van der Waals surface area contributed by atoms with E-state index >= 15 is 4.39 Å². The molecule has 9 nitrogen and oxygen atoms in total. The maximum absolute atomic E-state index is 15.8. The molecule has 0 bridgehead atoms. The van der Waals surface area contributed by atoms with Crippen LogP contribution in [0.15, 0.2) is 81.3 Å². The third-order valence-corrected chi connectivity index (χ3v) is 12.2. The summed E-state index contributed by atoms with van der Waals surface area (Å²) in [5.74, 6) is -0.791. The first-order valence-corrected chi connectivity index (χ1v) is 17.8. The predicted octanol–water partition coefficient (Wildman–Crippen LogP) is 5.90. The Labute approximate surface area is 259 Å². The van der Waals surface area contributed by atoms with Crippen LogP contribution in [-0.4, -0.2) is 44.4 Å². The van der Waals surface area contributed by atoms with Crippen LogP contribution < -0.4 is 16.3 Å². The molecule has 1 unspecified atom stereocenters. The van der Waals surface area contributed by atoms with E-state index in [-0.39, 0.29) is 30.9 Å². The molecule has 43 heavy (non-hydrogen) atoms. The Hall–Kier alpha value is -2.18. The van der Waals surface area contributed by atoms with Crippen LogP contribution in [0.1, 0.15) is 51.3 Å². The lowest BCUT2D eigenvalue weighted by Gasteiger charge is -2.27. The number of hydrogen-bond acceptors (Lipinski definition) is 8. The molecule has 1 fully saturated rings. The van der Waals surface area contributed by atoms with Crippen LogP contribution in [-0.2, 0) is 26.6 Å². The first-order valence-electron chi connectivity index (χ1n) is 14.1. The van der Waals surface area contributed by atoms with Crippen LogP contribution in [0.5, 0.6) is 0 Å². The first-order chi connectivity index (χ1) is 20.3. The van der Waals surface area contributed by atoms with Gasteiger partial charge < -0.3 is 5.11 Å². The van der Waals surface area contributed by atoms with E-state index in [1.807, 2.05) is 54.6 Å². The number of hydrogen-bond donors (Lipinski definition) is 3. The van der Waals surface area contributed by atoms with Crippen molar-refractivity contribution in [2.24, 2.45) is 5.92 Å². The number of aliphatic hydroxyl groups excluding tert-OH is 1. The van der Waals surface area contributed by atoms with Gasteiger partial charge in [0.25, 0.3) is 5.56 Å². The average molecular weight is 652 g/mol. The molecule has 0 aliphatic heterocycles. The summed E-state index contributed by atoms with van der Waals surface area (Å²) in [6, 6.07) is 17.4. The van der Waals surface area contributed by atoms with Crippen molar-refractivity contribution in [3.63, 3.8) is 0 Å². The zero-order valence-corrected chi connectivity index (χ0v) is 27.2. The van der Waals surface area contributed by atoms with Crippen molar-refractivity contribution >= 4 is 29.3 Å². The van der Waals surface area contributed by atoms with Crippen LogP contribution in [0, 0.1) is 5.92 Å². The third kappa shape index (κ3) is 9.17. The molecule has 234 valence electrons. The van der Waals surface area contributed by atoms with E-state index < -0.39 is 42.7 Å². The molecule has 4 rings (SSSR count). The molecule has 1 aliphatic rings. The summed E-state index contributed by atoms with van der Waals surface area (Å²) in [6.45, 7) is 7.68. The first kappa shape index (κ1) is 33.7. The number of aromatic nitrogens is 2. The van der Waals surface area contributed by atoms with Gasteiger partial charge in [0.05, 0.1) is 25.4 Å². The molecule has 0 spiro atoms. The predicted molar refractivity (Wildman–Crippen MR) is 170 cm³/mol. The van der Waals surface area contributed by atoms with Gasteiger partial charge in [0, 0.05) is 34.4 Å². The second-order valence-electron chi connectivity index (χ2n) is 11.7. The fourth-order valence-corrected chi connectivity index (χ4v) is 8.48. The maximum atomic E-state index is 15.8. The standard InChI is InChI=1S/C30H39FN3O6PS2/c1-29(2,3)43-42-24-13-9-8-12-22(24)15-17-39-41(38,32-19-21-10-6-5-7-11-21)40-20-23-18-25(30(4,31)27(23)36)34-16-14-26(35)33-28(34)37/h5-14,16,23,25,27,36H,15,17-20H2,1-4H3,(H,32,38)(H,33,35,37)/t23-,25-,27-,30+,41?/m1/s1. The Morgan fingerprint density at radius 3 is 2.51 bits per heavy atom. The van der Waals surface area contributed by atoms with Gasteiger partial charge in [-0.1, -0.05) is 90.9 Å². The summed E-state index contributed by atoms with van der Waals surface area (Å²) in [6.07, 6.45) is 0.211. The van der Waals surface area contributed by atoms with Crippen molar-refractivity contribution in [3.8, 4) is 0 Å². The highest BCUT2D eigenvalue weighted by atomic mass is 33.1. The number of rotatable bonds is 13. The van der Waals surface area contributed by atoms with Crippen LogP contribution in [0.25, 0.3) is 0 Å². The minimum atomic E-state index is -3.92. The summed E-state index contributed by atoms with van der Waals surface area (Å²) < 4.78 is 42.6. The van der Waals surface area contributed by atoms with Gasteiger partial charge in [0.15, 0.2) is 5.67 Å². The Morgan fingerprint density at radius 1 is 1.12 bits per heavy atom. The number of aliphatic hydroxyl groups is 1. The third-order valence-electron chi connectivity index (χ3n) is 7.15. The number of H-pyrrole nitrogens is 1. The molecule has 1 saturated carbocycles. The summed E-state index contributed by atoms with van der Waals surface area (Å²) in [5.41, 5.74) is -1.66. The van der Waals surface area contributed by atoms with Gasteiger partial charge >= 0.3 is 13.4 Å². The van der Waals surface area contributed by atoms with Crippen LogP contribution >= 0.6 is 29.3 Å². The zero-order valence-electron chi connectivity index (χ0n) is 24.7. The normalized spacial score (nSPS) is 23.7. The van der Waals surface area contributed by atoms with E-state index in [1.165, 1.54) is 13.1 Å². The number of aromatic amines is 1. The molecular formula is C30H39FN3O6PS2. The summed E-state index contributed by atoms with van der Waals surface area (Å²) in [4.78, 5) is 27.1. The fraction of sp³-hybridized carbons (Fsp3) is 0.467. The maximum Gasteiger partial charge on any atom is 0.405 e. The molecule has 2 aromatic carbocycles. The van der Waals surface area contributed by atoms with Gasteiger partial charge in [-0.15, -0.1) is 0 Å². The highest BCUT2D eigenvalue weighted by Gasteiger charge is 2.54. The molecule has 0 amide bonds. The molecule has 5 atom stereocenters. The lowest BCUT2D eigenvalue weighted by Crippen LogP contribution is -2.42. The van der Waals surface area contributed by atoms with Crippen molar-refractivity contribution in [3.05, 3.63) is 98.8 Å². The van der Waals surface area contributed by atoms with E-state index in [4.69, 9.17) is 9.05 Å². The van der Waals surface area contributed by atoms with Crippen LogP contribution in [0.2, 0.25) is 0 Å². The minimum Gasteiger partial charge on any atom is -0.389 e. The molecular weight excluding hydrogens is 612 g/mol. The smallest absolute Gasteiger partial charge is 0.389 e. The van der Waals surface area contributed by atoms with E-state index in [0.29, 0.717) is 6.42 Å². The average Bonchev–Trinajstić information content (AvgIpc) is 3.18. The van der Waals surface area contributed by atoms with Crippen molar-refractivity contribution in [2.75, 3.05) is 13.2 Å². The van der Waals surface area contributed by atoms with Gasteiger partial charge in [-0.2, -0.15) is 0 Å². The quantitative estimate of drug-likeness (QED) is 0.153. The van der Waals surface area contributed by atoms with Crippen molar-refractivity contribution in [1.29, 1.82) is 0 Å². The van der Waals surface area contributed by atoms with E-state index in [2.05, 4.69) is 30.8 Å². The molecule has 3 aromatic rings. The van der Waals surface area contributed by atoms with Crippen molar-refractivity contribution in [2.45, 2.75) is 74.5 Å². The van der Waals surface area contributed by atoms with E-state index in [1.54, 1.807) is 21.6 Å². The summed E-state index contributed by atoms with van der Waals surface area (Å²) in [5, 5.41) is 13.8. The molecule has 1 aliphatic carbocycles. The lowest BCUT2D eigenvalue weighted by atomic mass is 9.98. The molecule has 13 heteroatoms. The Balaban J connectivity index is 1.46. The van der Waals surface area contributed by atoms with Gasteiger partial charge in [-0.3, -0.25) is 23.4 Å². The van der Waals surface area contributed by atoms with Crippen LogP contribution in [0.4, 0.5) is 4.39 Å². The number of alkyl halides is 1. The minimum absolute atomic E-state index is 0.0227. The molecule has 0 radical (unpaired) electrons. The lowest BCUT2D eigenvalue weighted by molar-refractivity contribution is -0.0200. The largest absolute Gasteiger partial charge is 0.405 e. The number of halogens is 1. The van der Waals surface area contributed by atoms with E-state index in [9.17, 15) is 19.3 Å². The van der Waals surface area contributed by atoms with Crippen molar-refractivity contribution < 1.29 is 23.1 Å². The van der Waals surface area contributed by atoms with E-state index in [0.717, 1.165) is 26.7 Å². The van der Waals surface area contributed by atoms with Gasteiger partial charge in [0.2, 0.25) is 0 Å².